The number of carbonyl (C=O) groups excluding carboxylic acids is 1. The topological polar surface area (TPSA) is 79.0 Å². The summed E-state index contributed by atoms with van der Waals surface area (Å²) < 4.78 is 33.1. The Morgan fingerprint density at radius 3 is 2.45 bits per heavy atom. The van der Waals surface area contributed by atoms with Gasteiger partial charge in [0.25, 0.3) is 16.1 Å². The molecule has 1 fully saturated rings. The first-order valence-corrected chi connectivity index (χ1v) is 11.8. The van der Waals surface area contributed by atoms with E-state index in [0.29, 0.717) is 48.8 Å². The summed E-state index contributed by atoms with van der Waals surface area (Å²) in [5, 5.41) is 3.65. The summed E-state index contributed by atoms with van der Waals surface area (Å²) in [5.74, 6) is 0.269. The minimum absolute atomic E-state index is 0.234. The van der Waals surface area contributed by atoms with Crippen LogP contribution >= 0.6 is 11.6 Å². The molecule has 1 heterocycles. The number of amides is 1. The number of nitrogens with zero attached hydrogens (tertiary/aromatic N) is 2. The van der Waals surface area contributed by atoms with Gasteiger partial charge in [-0.2, -0.15) is 17.0 Å². The van der Waals surface area contributed by atoms with Crippen molar-refractivity contribution in [1.29, 1.82) is 0 Å². The standard InChI is InChI=1S/C22H28ClN3O4S/c1-25(2)31(28,29)26-13-11-22(12-14-26,17-7-6-8-18(23)15-17)16-24-21(27)19-9-4-5-10-20(19)30-3/h4-10,15H,11-14,16H2,1-3H3,(H,24,27). The van der Waals surface area contributed by atoms with Gasteiger partial charge in [0, 0.05) is 44.2 Å². The van der Waals surface area contributed by atoms with Crippen LogP contribution in [-0.2, 0) is 15.6 Å². The van der Waals surface area contributed by atoms with Crippen LogP contribution in [0.25, 0.3) is 0 Å². The van der Waals surface area contributed by atoms with Gasteiger partial charge in [-0.25, -0.2) is 0 Å². The van der Waals surface area contributed by atoms with E-state index in [0.717, 1.165) is 5.56 Å². The minimum atomic E-state index is -3.49. The first-order valence-electron chi connectivity index (χ1n) is 10.0. The maximum absolute atomic E-state index is 12.9. The molecule has 0 aromatic heterocycles. The van der Waals surface area contributed by atoms with E-state index in [1.165, 1.54) is 29.8 Å². The zero-order chi connectivity index (χ0) is 22.6. The largest absolute Gasteiger partial charge is 0.496 e. The van der Waals surface area contributed by atoms with Gasteiger partial charge in [-0.05, 0) is 42.7 Å². The maximum Gasteiger partial charge on any atom is 0.281 e. The Morgan fingerprint density at radius 1 is 1.16 bits per heavy atom. The van der Waals surface area contributed by atoms with Crippen molar-refractivity contribution < 1.29 is 17.9 Å². The van der Waals surface area contributed by atoms with E-state index in [-0.39, 0.29) is 5.91 Å². The lowest BCUT2D eigenvalue weighted by atomic mass is 9.73. The third kappa shape index (κ3) is 5.03. The maximum atomic E-state index is 12.9. The number of piperidine rings is 1. The molecule has 0 aliphatic carbocycles. The van der Waals surface area contributed by atoms with Crippen molar-refractivity contribution in [3.63, 3.8) is 0 Å². The van der Waals surface area contributed by atoms with Crippen LogP contribution in [0.2, 0.25) is 5.02 Å². The summed E-state index contributed by atoms with van der Waals surface area (Å²) in [4.78, 5) is 12.9. The Bertz CT molecular complexity index is 1030. The number of hydrogen-bond acceptors (Lipinski definition) is 4. The van der Waals surface area contributed by atoms with Crippen LogP contribution in [0.1, 0.15) is 28.8 Å². The van der Waals surface area contributed by atoms with Crippen LogP contribution in [-0.4, -0.2) is 63.8 Å². The van der Waals surface area contributed by atoms with E-state index in [4.69, 9.17) is 16.3 Å². The minimum Gasteiger partial charge on any atom is -0.496 e. The molecular formula is C22H28ClN3O4S. The normalized spacial score (nSPS) is 16.8. The number of halogens is 1. The van der Waals surface area contributed by atoms with Gasteiger partial charge in [-0.1, -0.05) is 35.9 Å². The van der Waals surface area contributed by atoms with Crippen molar-refractivity contribution in [2.45, 2.75) is 18.3 Å². The van der Waals surface area contributed by atoms with Crippen molar-refractivity contribution in [3.8, 4) is 5.75 Å². The van der Waals surface area contributed by atoms with Gasteiger partial charge in [0.2, 0.25) is 0 Å². The zero-order valence-corrected chi connectivity index (χ0v) is 19.5. The van der Waals surface area contributed by atoms with Crippen molar-refractivity contribution in [3.05, 3.63) is 64.7 Å². The third-order valence-electron chi connectivity index (χ3n) is 5.84. The average Bonchev–Trinajstić information content (AvgIpc) is 2.77. The SMILES string of the molecule is COc1ccccc1C(=O)NCC1(c2cccc(Cl)c2)CCN(S(=O)(=O)N(C)C)CC1. The van der Waals surface area contributed by atoms with Crippen LogP contribution in [0.5, 0.6) is 5.75 Å². The molecule has 1 N–H and O–H groups in total. The summed E-state index contributed by atoms with van der Waals surface area (Å²) in [6, 6.07) is 14.6. The Morgan fingerprint density at radius 2 is 1.84 bits per heavy atom. The molecular weight excluding hydrogens is 438 g/mol. The fourth-order valence-corrected chi connectivity index (χ4v) is 5.23. The molecule has 1 saturated heterocycles. The lowest BCUT2D eigenvalue weighted by molar-refractivity contribution is 0.0929. The monoisotopic (exact) mass is 465 g/mol. The van der Waals surface area contributed by atoms with Gasteiger partial charge in [0.05, 0.1) is 12.7 Å². The highest BCUT2D eigenvalue weighted by atomic mass is 35.5. The summed E-state index contributed by atoms with van der Waals surface area (Å²) in [6.07, 6.45) is 1.12. The van der Waals surface area contributed by atoms with Gasteiger partial charge >= 0.3 is 0 Å². The van der Waals surface area contributed by atoms with Crippen LogP contribution in [0, 0.1) is 0 Å². The average molecular weight is 466 g/mol. The van der Waals surface area contributed by atoms with Gasteiger partial charge in [0.1, 0.15) is 5.75 Å². The van der Waals surface area contributed by atoms with Crippen LogP contribution < -0.4 is 10.1 Å². The molecule has 0 saturated carbocycles. The molecule has 1 aliphatic heterocycles. The fraction of sp³-hybridized carbons (Fsp3) is 0.409. The Kier molecular flexibility index (Phi) is 7.26. The molecule has 1 amide bonds. The highest BCUT2D eigenvalue weighted by Crippen LogP contribution is 2.37. The molecule has 7 nitrogen and oxygen atoms in total. The van der Waals surface area contributed by atoms with E-state index in [1.807, 2.05) is 24.3 Å². The van der Waals surface area contributed by atoms with E-state index in [1.54, 1.807) is 24.3 Å². The predicted octanol–water partition coefficient (Wildman–Crippen LogP) is 2.92. The van der Waals surface area contributed by atoms with E-state index in [2.05, 4.69) is 5.32 Å². The molecule has 0 atom stereocenters. The lowest BCUT2D eigenvalue weighted by Crippen LogP contribution is -2.52. The molecule has 0 spiro atoms. The van der Waals surface area contributed by atoms with E-state index in [9.17, 15) is 13.2 Å². The van der Waals surface area contributed by atoms with Crippen LogP contribution in [0.15, 0.2) is 48.5 Å². The molecule has 0 bridgehead atoms. The Hall–Kier alpha value is -2.13. The summed E-state index contributed by atoms with van der Waals surface area (Å²) in [5.41, 5.74) is 1.02. The van der Waals surface area contributed by atoms with Gasteiger partial charge in [0.15, 0.2) is 0 Å². The molecule has 3 rings (SSSR count). The van der Waals surface area contributed by atoms with Crippen LogP contribution in [0.3, 0.4) is 0 Å². The number of hydrogen-bond donors (Lipinski definition) is 1. The molecule has 1 aliphatic rings. The molecule has 0 radical (unpaired) electrons. The van der Waals surface area contributed by atoms with E-state index < -0.39 is 15.6 Å². The smallest absolute Gasteiger partial charge is 0.281 e. The summed E-state index contributed by atoms with van der Waals surface area (Å²) in [6.45, 7) is 1.08. The second-order valence-electron chi connectivity index (χ2n) is 7.86. The number of benzene rings is 2. The third-order valence-corrected chi connectivity index (χ3v) is 8.02. The van der Waals surface area contributed by atoms with Crippen molar-refractivity contribution in [2.24, 2.45) is 0 Å². The van der Waals surface area contributed by atoms with Gasteiger partial charge in [-0.3, -0.25) is 4.79 Å². The fourth-order valence-electron chi connectivity index (χ4n) is 3.94. The number of rotatable bonds is 7. The number of para-hydroxylation sites is 1. The van der Waals surface area contributed by atoms with Gasteiger partial charge < -0.3 is 10.1 Å². The van der Waals surface area contributed by atoms with E-state index >= 15 is 0 Å². The first kappa shape index (κ1) is 23.5. The molecule has 9 heteroatoms. The summed E-state index contributed by atoms with van der Waals surface area (Å²) in [7, 11) is 1.10. The van der Waals surface area contributed by atoms with Crippen molar-refractivity contribution in [2.75, 3.05) is 40.8 Å². The number of nitrogens with one attached hydrogen (secondary N) is 1. The molecule has 2 aromatic rings. The lowest BCUT2D eigenvalue weighted by Gasteiger charge is -2.42. The zero-order valence-electron chi connectivity index (χ0n) is 18.0. The first-order chi connectivity index (χ1) is 14.7. The number of carbonyl (C=O) groups is 1. The number of ether oxygens (including phenoxy) is 1. The Balaban J connectivity index is 1.84. The van der Waals surface area contributed by atoms with Crippen LogP contribution in [0.4, 0.5) is 0 Å². The molecule has 31 heavy (non-hydrogen) atoms. The van der Waals surface area contributed by atoms with Crippen molar-refractivity contribution in [1.82, 2.24) is 13.9 Å². The molecule has 168 valence electrons. The number of methoxy groups -OCH3 is 1. The highest BCUT2D eigenvalue weighted by Gasteiger charge is 2.40. The van der Waals surface area contributed by atoms with Gasteiger partial charge in [-0.15, -0.1) is 0 Å². The second kappa shape index (κ2) is 9.56. The highest BCUT2D eigenvalue weighted by molar-refractivity contribution is 7.86. The quantitative estimate of drug-likeness (QED) is 0.681. The second-order valence-corrected chi connectivity index (χ2v) is 10.4. The Labute approximate surface area is 189 Å². The predicted molar refractivity (Wildman–Crippen MR) is 122 cm³/mol. The van der Waals surface area contributed by atoms with Crippen molar-refractivity contribution >= 4 is 27.7 Å². The molecule has 2 aromatic carbocycles. The molecule has 0 unspecified atom stereocenters. The summed E-state index contributed by atoms with van der Waals surface area (Å²) >= 11 is 6.25.